The number of ether oxygens (including phenoxy) is 2. The van der Waals surface area contributed by atoms with Crippen molar-refractivity contribution in [2.75, 3.05) is 26.3 Å². The summed E-state index contributed by atoms with van der Waals surface area (Å²) in [6.45, 7) is 4.96. The van der Waals surface area contributed by atoms with E-state index < -0.39 is 0 Å². The van der Waals surface area contributed by atoms with E-state index in [4.69, 9.17) is 15.2 Å². The van der Waals surface area contributed by atoms with Crippen molar-refractivity contribution in [1.29, 1.82) is 0 Å². The van der Waals surface area contributed by atoms with E-state index in [2.05, 4.69) is 19.1 Å². The molecular weight excluding hydrogens is 304 g/mol. The summed E-state index contributed by atoms with van der Waals surface area (Å²) in [5.74, 6) is 1.26. The maximum atomic E-state index is 12.6. The number of amides is 1. The molecule has 0 bridgehead atoms. The molecule has 0 spiro atoms. The molecule has 2 saturated heterocycles. The van der Waals surface area contributed by atoms with Gasteiger partial charge in [-0.2, -0.15) is 0 Å². The van der Waals surface area contributed by atoms with Gasteiger partial charge in [0, 0.05) is 39.1 Å². The van der Waals surface area contributed by atoms with Crippen molar-refractivity contribution in [3.05, 3.63) is 29.8 Å². The number of hydrogen-bond donors (Lipinski definition) is 1. The fourth-order valence-corrected chi connectivity index (χ4v) is 3.49. The number of nitrogens with zero attached hydrogens (tertiary/aromatic N) is 1. The van der Waals surface area contributed by atoms with Gasteiger partial charge < -0.3 is 20.1 Å². The predicted octanol–water partition coefficient (Wildman–Crippen LogP) is 2.12. The van der Waals surface area contributed by atoms with Crippen LogP contribution < -0.4 is 10.5 Å². The first kappa shape index (κ1) is 17.2. The summed E-state index contributed by atoms with van der Waals surface area (Å²) in [5, 5.41) is 0. The van der Waals surface area contributed by atoms with Gasteiger partial charge in [0.1, 0.15) is 11.9 Å². The highest BCUT2D eigenvalue weighted by Crippen LogP contribution is 2.22. The van der Waals surface area contributed by atoms with Gasteiger partial charge in [-0.15, -0.1) is 0 Å². The number of aryl methyl sites for hydroxylation is 1. The average molecular weight is 332 g/mol. The third kappa shape index (κ3) is 4.28. The lowest BCUT2D eigenvalue weighted by molar-refractivity contribution is -0.136. The Morgan fingerprint density at radius 2 is 1.79 bits per heavy atom. The van der Waals surface area contributed by atoms with Crippen LogP contribution in [0.3, 0.4) is 0 Å². The Labute approximate surface area is 144 Å². The lowest BCUT2D eigenvalue weighted by Gasteiger charge is -2.36. The van der Waals surface area contributed by atoms with Crippen LogP contribution in [0.4, 0.5) is 0 Å². The van der Waals surface area contributed by atoms with Crippen molar-refractivity contribution >= 4 is 5.91 Å². The molecule has 3 rings (SSSR count). The van der Waals surface area contributed by atoms with Gasteiger partial charge in [0.25, 0.3) is 0 Å². The molecule has 1 atom stereocenters. The molecule has 2 aliphatic rings. The normalized spacial score (nSPS) is 21.5. The lowest BCUT2D eigenvalue weighted by atomic mass is 9.91. The van der Waals surface area contributed by atoms with Crippen molar-refractivity contribution in [1.82, 2.24) is 4.90 Å². The van der Waals surface area contributed by atoms with E-state index in [0.29, 0.717) is 0 Å². The predicted molar refractivity (Wildman–Crippen MR) is 92.9 cm³/mol. The zero-order valence-electron chi connectivity index (χ0n) is 14.4. The van der Waals surface area contributed by atoms with E-state index in [1.54, 1.807) is 0 Å². The summed E-state index contributed by atoms with van der Waals surface area (Å²) in [6, 6.07) is 7.74. The highest BCUT2D eigenvalue weighted by atomic mass is 16.5. The van der Waals surface area contributed by atoms with E-state index in [0.717, 1.165) is 57.7 Å². The van der Waals surface area contributed by atoms with Crippen molar-refractivity contribution in [2.24, 2.45) is 11.7 Å². The molecule has 1 unspecified atom stereocenters. The van der Waals surface area contributed by atoms with Gasteiger partial charge in [0.05, 0.1) is 6.04 Å². The fraction of sp³-hybridized carbons (Fsp3) is 0.632. The van der Waals surface area contributed by atoms with Gasteiger partial charge >= 0.3 is 0 Å². The summed E-state index contributed by atoms with van der Waals surface area (Å²) in [5.41, 5.74) is 7.44. The summed E-state index contributed by atoms with van der Waals surface area (Å²) in [4.78, 5) is 14.5. The van der Waals surface area contributed by atoms with Crippen LogP contribution >= 0.6 is 0 Å². The number of likely N-dealkylation sites (tertiary alicyclic amines) is 1. The number of piperidine rings is 1. The number of carbonyl (C=O) groups excluding carboxylic acids is 1. The maximum absolute atomic E-state index is 12.6. The van der Waals surface area contributed by atoms with Gasteiger partial charge in [-0.25, -0.2) is 0 Å². The highest BCUT2D eigenvalue weighted by Gasteiger charge is 2.32. The molecule has 1 aromatic carbocycles. The standard InChI is InChI=1S/C19H28N2O3/c1-14-2-4-16(5-3-14)24-17-6-10-21(11-7-17)19(22)18(20)15-8-12-23-13-9-15/h2-5,15,17-18H,6-13,20H2,1H3. The first-order valence-electron chi connectivity index (χ1n) is 8.99. The SMILES string of the molecule is Cc1ccc(OC2CCN(C(=O)C(N)C3CCOCC3)CC2)cc1. The Kier molecular flexibility index (Phi) is 5.74. The average Bonchev–Trinajstić information content (AvgIpc) is 2.64. The molecular formula is C19H28N2O3. The molecule has 0 radical (unpaired) electrons. The third-order valence-corrected chi connectivity index (χ3v) is 5.14. The second-order valence-corrected chi connectivity index (χ2v) is 6.93. The monoisotopic (exact) mass is 332 g/mol. The highest BCUT2D eigenvalue weighted by molar-refractivity contribution is 5.82. The van der Waals surface area contributed by atoms with Gasteiger partial charge in [0.15, 0.2) is 0 Å². The zero-order valence-corrected chi connectivity index (χ0v) is 14.4. The van der Waals surface area contributed by atoms with Gasteiger partial charge in [0.2, 0.25) is 5.91 Å². The second kappa shape index (κ2) is 7.99. The van der Waals surface area contributed by atoms with E-state index >= 15 is 0 Å². The Bertz CT molecular complexity index is 532. The molecule has 2 aliphatic heterocycles. The topological polar surface area (TPSA) is 64.8 Å². The summed E-state index contributed by atoms with van der Waals surface area (Å²) in [7, 11) is 0. The van der Waals surface area contributed by atoms with Crippen molar-refractivity contribution in [2.45, 2.75) is 44.8 Å². The number of benzene rings is 1. The molecule has 2 heterocycles. The third-order valence-electron chi connectivity index (χ3n) is 5.14. The summed E-state index contributed by atoms with van der Waals surface area (Å²) in [6.07, 6.45) is 3.68. The van der Waals surface area contributed by atoms with Crippen LogP contribution in [-0.2, 0) is 9.53 Å². The van der Waals surface area contributed by atoms with Gasteiger partial charge in [-0.1, -0.05) is 17.7 Å². The number of rotatable bonds is 4. The van der Waals surface area contributed by atoms with Crippen LogP contribution in [0.15, 0.2) is 24.3 Å². The number of carbonyl (C=O) groups is 1. The molecule has 1 aromatic rings. The first-order valence-corrected chi connectivity index (χ1v) is 8.99. The zero-order chi connectivity index (χ0) is 16.9. The molecule has 0 saturated carbocycles. The van der Waals surface area contributed by atoms with Crippen LogP contribution in [0.2, 0.25) is 0 Å². The molecule has 0 aliphatic carbocycles. The van der Waals surface area contributed by atoms with Crippen LogP contribution in [0.25, 0.3) is 0 Å². The van der Waals surface area contributed by atoms with E-state index in [1.807, 2.05) is 17.0 Å². The van der Waals surface area contributed by atoms with E-state index in [9.17, 15) is 4.79 Å². The molecule has 5 heteroatoms. The number of hydrogen-bond acceptors (Lipinski definition) is 4. The molecule has 1 amide bonds. The largest absolute Gasteiger partial charge is 0.490 e. The van der Waals surface area contributed by atoms with Crippen molar-refractivity contribution in [3.8, 4) is 5.75 Å². The van der Waals surface area contributed by atoms with Crippen LogP contribution in [-0.4, -0.2) is 49.3 Å². The number of nitrogens with two attached hydrogens (primary N) is 1. The maximum Gasteiger partial charge on any atom is 0.239 e. The van der Waals surface area contributed by atoms with Crippen molar-refractivity contribution in [3.63, 3.8) is 0 Å². The molecule has 2 fully saturated rings. The minimum atomic E-state index is -0.386. The van der Waals surface area contributed by atoms with Gasteiger partial charge in [-0.05, 0) is 37.8 Å². The Morgan fingerprint density at radius 1 is 1.17 bits per heavy atom. The van der Waals surface area contributed by atoms with E-state index in [-0.39, 0.29) is 24.0 Å². The minimum absolute atomic E-state index is 0.0932. The molecule has 5 nitrogen and oxygen atoms in total. The van der Waals surface area contributed by atoms with Gasteiger partial charge in [-0.3, -0.25) is 4.79 Å². The quantitative estimate of drug-likeness (QED) is 0.917. The molecule has 132 valence electrons. The summed E-state index contributed by atoms with van der Waals surface area (Å²) < 4.78 is 11.4. The van der Waals surface area contributed by atoms with E-state index in [1.165, 1.54) is 5.56 Å². The first-order chi connectivity index (χ1) is 11.6. The molecule has 2 N–H and O–H groups in total. The lowest BCUT2D eigenvalue weighted by Crippen LogP contribution is -2.52. The summed E-state index contributed by atoms with van der Waals surface area (Å²) >= 11 is 0. The second-order valence-electron chi connectivity index (χ2n) is 6.93. The van der Waals surface area contributed by atoms with Crippen LogP contribution in [0.1, 0.15) is 31.2 Å². The van der Waals surface area contributed by atoms with Crippen LogP contribution in [0.5, 0.6) is 5.75 Å². The Morgan fingerprint density at radius 3 is 2.42 bits per heavy atom. The smallest absolute Gasteiger partial charge is 0.239 e. The Hall–Kier alpha value is -1.59. The van der Waals surface area contributed by atoms with Crippen LogP contribution in [0, 0.1) is 12.8 Å². The van der Waals surface area contributed by atoms with Crippen molar-refractivity contribution < 1.29 is 14.3 Å². The minimum Gasteiger partial charge on any atom is -0.490 e. The molecule has 24 heavy (non-hydrogen) atoms. The fourth-order valence-electron chi connectivity index (χ4n) is 3.49. The molecule has 0 aromatic heterocycles. The Balaban J connectivity index is 1.47.